The molecule has 1 aromatic carbocycles. The van der Waals surface area contributed by atoms with Gasteiger partial charge < -0.3 is 10.2 Å². The van der Waals surface area contributed by atoms with Crippen LogP contribution in [0.1, 0.15) is 5.56 Å². The minimum Gasteiger partial charge on any atom is -0.348 e. The Morgan fingerprint density at radius 2 is 1.90 bits per heavy atom. The molecule has 0 spiro atoms. The predicted molar refractivity (Wildman–Crippen MR) is 71.1 cm³/mol. The molecule has 0 radical (unpaired) electrons. The standard InChI is InChI=1S/C14H15F3N2O2/c1-3-13(21)19(2)8-12(20)18-9-14(16,17)10-4-6-11(15)7-5-10/h3-7H,1,8-9H2,2H3,(H,18,20). The molecule has 7 heteroatoms. The smallest absolute Gasteiger partial charge is 0.290 e. The second-order valence-electron chi connectivity index (χ2n) is 4.39. The van der Waals surface area contributed by atoms with E-state index < -0.39 is 35.7 Å². The zero-order chi connectivity index (χ0) is 16.0. The lowest BCUT2D eigenvalue weighted by Crippen LogP contribution is -2.41. The van der Waals surface area contributed by atoms with Crippen molar-refractivity contribution in [2.45, 2.75) is 5.92 Å². The average molecular weight is 300 g/mol. The van der Waals surface area contributed by atoms with Gasteiger partial charge >= 0.3 is 0 Å². The molecule has 0 aliphatic carbocycles. The predicted octanol–water partition coefficient (Wildman–Crippen LogP) is 1.68. The van der Waals surface area contributed by atoms with Crippen LogP contribution >= 0.6 is 0 Å². The molecule has 0 aliphatic heterocycles. The maximum atomic E-state index is 13.8. The zero-order valence-electron chi connectivity index (χ0n) is 11.4. The van der Waals surface area contributed by atoms with Gasteiger partial charge in [0.2, 0.25) is 11.8 Å². The summed E-state index contributed by atoms with van der Waals surface area (Å²) in [5.74, 6) is -5.17. The minimum atomic E-state index is -3.33. The van der Waals surface area contributed by atoms with E-state index in [1.54, 1.807) is 0 Å². The largest absolute Gasteiger partial charge is 0.348 e. The SMILES string of the molecule is C=CC(=O)N(C)CC(=O)NCC(F)(F)c1ccc(F)cc1. The maximum Gasteiger partial charge on any atom is 0.290 e. The number of hydrogen-bond donors (Lipinski definition) is 1. The summed E-state index contributed by atoms with van der Waals surface area (Å²) >= 11 is 0. The highest BCUT2D eigenvalue weighted by Gasteiger charge is 2.32. The Morgan fingerprint density at radius 3 is 2.43 bits per heavy atom. The van der Waals surface area contributed by atoms with Crippen LogP contribution in [0.15, 0.2) is 36.9 Å². The molecular weight excluding hydrogens is 285 g/mol. The molecule has 0 saturated carbocycles. The van der Waals surface area contributed by atoms with Crippen LogP contribution in [0.25, 0.3) is 0 Å². The molecule has 0 heterocycles. The van der Waals surface area contributed by atoms with Gasteiger partial charge in [-0.2, -0.15) is 8.78 Å². The highest BCUT2D eigenvalue weighted by molar-refractivity contribution is 5.90. The lowest BCUT2D eigenvalue weighted by atomic mass is 10.1. The van der Waals surface area contributed by atoms with Gasteiger partial charge in [-0.15, -0.1) is 0 Å². The number of nitrogens with zero attached hydrogens (tertiary/aromatic N) is 1. The summed E-state index contributed by atoms with van der Waals surface area (Å²) in [4.78, 5) is 23.7. The summed E-state index contributed by atoms with van der Waals surface area (Å²) < 4.78 is 40.2. The van der Waals surface area contributed by atoms with E-state index in [-0.39, 0.29) is 6.54 Å². The van der Waals surface area contributed by atoms with Crippen molar-refractivity contribution in [1.82, 2.24) is 10.2 Å². The van der Waals surface area contributed by atoms with Crippen molar-refractivity contribution in [2.75, 3.05) is 20.1 Å². The minimum absolute atomic E-state index is 0.357. The number of nitrogens with one attached hydrogen (secondary N) is 1. The zero-order valence-corrected chi connectivity index (χ0v) is 11.4. The molecule has 1 aromatic rings. The molecular formula is C14H15F3N2O2. The highest BCUT2D eigenvalue weighted by Crippen LogP contribution is 2.26. The molecule has 1 rings (SSSR count). The number of likely N-dealkylation sites (N-methyl/N-ethyl adjacent to an activating group) is 1. The summed E-state index contributed by atoms with van der Waals surface area (Å²) in [6.45, 7) is 1.95. The van der Waals surface area contributed by atoms with Crippen LogP contribution in [0.5, 0.6) is 0 Å². The van der Waals surface area contributed by atoms with E-state index in [4.69, 9.17) is 0 Å². The molecule has 4 nitrogen and oxygen atoms in total. The number of carbonyl (C=O) groups excluding carboxylic acids is 2. The van der Waals surface area contributed by atoms with Gasteiger partial charge in [0.15, 0.2) is 0 Å². The molecule has 0 atom stereocenters. The Bertz CT molecular complexity index is 530. The molecule has 0 aromatic heterocycles. The molecule has 2 amide bonds. The number of alkyl halides is 2. The van der Waals surface area contributed by atoms with E-state index in [9.17, 15) is 22.8 Å². The maximum absolute atomic E-state index is 13.8. The average Bonchev–Trinajstić information content (AvgIpc) is 2.44. The Hall–Kier alpha value is -2.31. The van der Waals surface area contributed by atoms with Crippen LogP contribution in [0, 0.1) is 5.82 Å². The molecule has 0 bridgehead atoms. The van der Waals surface area contributed by atoms with Crippen LogP contribution in [-0.2, 0) is 15.5 Å². The second-order valence-corrected chi connectivity index (χ2v) is 4.39. The van der Waals surface area contributed by atoms with Crippen LogP contribution in [0.3, 0.4) is 0 Å². The summed E-state index contributed by atoms with van der Waals surface area (Å²) in [5, 5.41) is 2.04. The monoisotopic (exact) mass is 300 g/mol. The third-order valence-electron chi connectivity index (χ3n) is 2.71. The van der Waals surface area contributed by atoms with Gasteiger partial charge in [-0.3, -0.25) is 9.59 Å². The normalized spacial score (nSPS) is 10.9. The van der Waals surface area contributed by atoms with Gasteiger partial charge in [-0.1, -0.05) is 18.7 Å². The number of benzene rings is 1. The fourth-order valence-corrected chi connectivity index (χ4v) is 1.51. The number of rotatable bonds is 6. The molecule has 0 aliphatic rings. The molecule has 0 unspecified atom stereocenters. The van der Waals surface area contributed by atoms with Crippen molar-refractivity contribution in [1.29, 1.82) is 0 Å². The molecule has 1 N–H and O–H groups in total. The fourth-order valence-electron chi connectivity index (χ4n) is 1.51. The third-order valence-corrected chi connectivity index (χ3v) is 2.71. The first-order chi connectivity index (χ1) is 9.76. The van der Waals surface area contributed by atoms with Crippen molar-refractivity contribution in [3.05, 3.63) is 48.3 Å². The van der Waals surface area contributed by atoms with Crippen molar-refractivity contribution >= 4 is 11.8 Å². The Balaban J connectivity index is 2.57. The van der Waals surface area contributed by atoms with E-state index in [1.807, 2.05) is 5.32 Å². The lowest BCUT2D eigenvalue weighted by Gasteiger charge is -2.19. The van der Waals surface area contributed by atoms with E-state index in [0.717, 1.165) is 35.2 Å². The van der Waals surface area contributed by atoms with Crippen molar-refractivity contribution in [3.8, 4) is 0 Å². The number of carbonyl (C=O) groups is 2. The first-order valence-corrected chi connectivity index (χ1v) is 6.04. The summed E-state index contributed by atoms with van der Waals surface area (Å²) in [5.41, 5.74) is -0.403. The molecule has 0 fully saturated rings. The van der Waals surface area contributed by atoms with Crippen LogP contribution in [0.4, 0.5) is 13.2 Å². The second kappa shape index (κ2) is 6.92. The van der Waals surface area contributed by atoms with Crippen LogP contribution < -0.4 is 5.32 Å². The van der Waals surface area contributed by atoms with Crippen LogP contribution in [0.2, 0.25) is 0 Å². The van der Waals surface area contributed by atoms with Crippen molar-refractivity contribution in [3.63, 3.8) is 0 Å². The summed E-state index contributed by atoms with van der Waals surface area (Å²) in [6.07, 6.45) is 1.01. The van der Waals surface area contributed by atoms with Gasteiger partial charge in [-0.25, -0.2) is 4.39 Å². The fraction of sp³-hybridized carbons (Fsp3) is 0.286. The number of hydrogen-bond acceptors (Lipinski definition) is 2. The quantitative estimate of drug-likeness (QED) is 0.813. The Labute approximate surface area is 120 Å². The molecule has 0 saturated heterocycles. The van der Waals surface area contributed by atoms with E-state index in [0.29, 0.717) is 0 Å². The van der Waals surface area contributed by atoms with Gasteiger partial charge in [0.25, 0.3) is 5.92 Å². The van der Waals surface area contributed by atoms with E-state index in [2.05, 4.69) is 6.58 Å². The first kappa shape index (κ1) is 16.7. The van der Waals surface area contributed by atoms with Gasteiger partial charge in [0.1, 0.15) is 5.82 Å². The Morgan fingerprint density at radius 1 is 1.33 bits per heavy atom. The van der Waals surface area contributed by atoms with Crippen molar-refractivity contribution in [2.24, 2.45) is 0 Å². The Kier molecular flexibility index (Phi) is 5.52. The first-order valence-electron chi connectivity index (χ1n) is 6.04. The number of amides is 2. The number of halogens is 3. The molecule has 21 heavy (non-hydrogen) atoms. The lowest BCUT2D eigenvalue weighted by molar-refractivity contribution is -0.132. The third kappa shape index (κ3) is 4.94. The summed E-state index contributed by atoms with van der Waals surface area (Å²) in [7, 11) is 1.35. The van der Waals surface area contributed by atoms with E-state index in [1.165, 1.54) is 7.05 Å². The van der Waals surface area contributed by atoms with Gasteiger partial charge in [-0.05, 0) is 18.2 Å². The highest BCUT2D eigenvalue weighted by atomic mass is 19.3. The molecule has 114 valence electrons. The van der Waals surface area contributed by atoms with Gasteiger partial charge in [0.05, 0.1) is 13.1 Å². The topological polar surface area (TPSA) is 49.4 Å². The van der Waals surface area contributed by atoms with E-state index >= 15 is 0 Å². The van der Waals surface area contributed by atoms with Crippen molar-refractivity contribution < 1.29 is 22.8 Å². The van der Waals surface area contributed by atoms with Crippen LogP contribution in [-0.4, -0.2) is 36.9 Å². The summed E-state index contributed by atoms with van der Waals surface area (Å²) in [6, 6.07) is 3.74. The van der Waals surface area contributed by atoms with Gasteiger partial charge in [0, 0.05) is 12.6 Å².